The molecule has 3 heterocycles. The third-order valence-corrected chi connectivity index (χ3v) is 5.54. The quantitative estimate of drug-likeness (QED) is 0.472. The Hall–Kier alpha value is -3.13. The second-order valence-electron chi connectivity index (χ2n) is 6.61. The molecule has 4 rings (SSSR count). The van der Waals surface area contributed by atoms with Crippen LogP contribution < -0.4 is 5.32 Å². The minimum Gasteiger partial charge on any atom is -0.469 e. The Labute approximate surface area is 172 Å². The van der Waals surface area contributed by atoms with Gasteiger partial charge in [0.2, 0.25) is 5.91 Å². The number of furan rings is 1. The molecule has 0 spiro atoms. The molecule has 0 aliphatic heterocycles. The predicted octanol–water partition coefficient (Wildman–Crippen LogP) is 3.48. The number of aryl methyl sites for hydroxylation is 2. The molecule has 1 amide bonds. The van der Waals surface area contributed by atoms with E-state index >= 15 is 0 Å². The molecular formula is C21H21N5O2S. The standard InChI is InChI=1S/C21H21N5O2S/c1-14-19-15(2)26(16-7-4-3-5-8-16)25-20(19)21(24-23-14)29-13-18(27)22-11-10-17-9-6-12-28-17/h3-9,12H,10-11,13H2,1-2H3,(H,22,27). The van der Waals surface area contributed by atoms with Crippen molar-refractivity contribution in [3.05, 3.63) is 65.9 Å². The van der Waals surface area contributed by atoms with Gasteiger partial charge in [-0.3, -0.25) is 4.79 Å². The molecule has 0 aliphatic rings. The molecule has 0 aliphatic carbocycles. The number of benzene rings is 1. The van der Waals surface area contributed by atoms with Gasteiger partial charge in [0.05, 0.1) is 29.1 Å². The van der Waals surface area contributed by atoms with Crippen LogP contribution >= 0.6 is 11.8 Å². The molecule has 0 fully saturated rings. The number of thioether (sulfide) groups is 1. The maximum atomic E-state index is 12.2. The average molecular weight is 407 g/mol. The lowest BCUT2D eigenvalue weighted by molar-refractivity contribution is -0.118. The Balaban J connectivity index is 1.49. The highest BCUT2D eigenvalue weighted by atomic mass is 32.2. The Morgan fingerprint density at radius 3 is 2.72 bits per heavy atom. The van der Waals surface area contributed by atoms with E-state index in [9.17, 15) is 4.79 Å². The Bertz CT molecular complexity index is 1120. The molecule has 0 atom stereocenters. The molecule has 3 aromatic heterocycles. The minimum absolute atomic E-state index is 0.0590. The third kappa shape index (κ3) is 4.17. The van der Waals surface area contributed by atoms with Crippen molar-refractivity contribution < 1.29 is 9.21 Å². The van der Waals surface area contributed by atoms with E-state index in [-0.39, 0.29) is 11.7 Å². The van der Waals surface area contributed by atoms with Crippen LogP contribution in [-0.2, 0) is 11.2 Å². The van der Waals surface area contributed by atoms with E-state index in [2.05, 4.69) is 15.5 Å². The van der Waals surface area contributed by atoms with Crippen molar-refractivity contribution in [3.63, 3.8) is 0 Å². The minimum atomic E-state index is -0.0590. The summed E-state index contributed by atoms with van der Waals surface area (Å²) in [6, 6.07) is 13.7. The highest BCUT2D eigenvalue weighted by Gasteiger charge is 2.18. The number of hydrogen-bond acceptors (Lipinski definition) is 6. The summed E-state index contributed by atoms with van der Waals surface area (Å²) < 4.78 is 7.17. The van der Waals surface area contributed by atoms with Gasteiger partial charge < -0.3 is 9.73 Å². The number of nitrogens with one attached hydrogen (secondary N) is 1. The number of carbonyl (C=O) groups is 1. The SMILES string of the molecule is Cc1nnc(SCC(=O)NCCc2ccco2)c2nn(-c3ccccc3)c(C)c12. The number of nitrogens with zero attached hydrogens (tertiary/aromatic N) is 4. The topological polar surface area (TPSA) is 85.8 Å². The number of hydrogen-bond donors (Lipinski definition) is 1. The molecule has 0 saturated heterocycles. The largest absolute Gasteiger partial charge is 0.469 e. The molecule has 1 N–H and O–H groups in total. The van der Waals surface area contributed by atoms with Crippen LogP contribution in [0, 0.1) is 13.8 Å². The molecule has 148 valence electrons. The monoisotopic (exact) mass is 407 g/mol. The summed E-state index contributed by atoms with van der Waals surface area (Å²) in [6.07, 6.45) is 2.30. The Morgan fingerprint density at radius 1 is 1.14 bits per heavy atom. The first kappa shape index (κ1) is 19.2. The molecule has 0 unspecified atom stereocenters. The highest BCUT2D eigenvalue weighted by molar-refractivity contribution is 8.00. The normalized spacial score (nSPS) is 11.1. The van der Waals surface area contributed by atoms with E-state index in [1.165, 1.54) is 11.8 Å². The number of carbonyl (C=O) groups excluding carboxylic acids is 1. The summed E-state index contributed by atoms with van der Waals surface area (Å²) in [5, 5.41) is 17.9. The van der Waals surface area contributed by atoms with Gasteiger partial charge in [-0.2, -0.15) is 10.2 Å². The second kappa shape index (κ2) is 8.48. The van der Waals surface area contributed by atoms with Gasteiger partial charge in [-0.1, -0.05) is 30.0 Å². The lowest BCUT2D eigenvalue weighted by Crippen LogP contribution is -2.27. The van der Waals surface area contributed by atoms with Gasteiger partial charge in [0, 0.05) is 18.4 Å². The van der Waals surface area contributed by atoms with Gasteiger partial charge in [-0.15, -0.1) is 5.10 Å². The maximum absolute atomic E-state index is 12.2. The average Bonchev–Trinajstić information content (AvgIpc) is 3.37. The van der Waals surface area contributed by atoms with Crippen LogP contribution in [0.15, 0.2) is 58.2 Å². The molecule has 0 radical (unpaired) electrons. The van der Waals surface area contributed by atoms with Crippen LogP contribution in [-0.4, -0.2) is 38.2 Å². The van der Waals surface area contributed by atoms with Crippen LogP contribution in [0.4, 0.5) is 0 Å². The molecule has 4 aromatic rings. The van der Waals surface area contributed by atoms with Crippen molar-refractivity contribution in [3.8, 4) is 5.69 Å². The first-order valence-electron chi connectivity index (χ1n) is 9.33. The van der Waals surface area contributed by atoms with E-state index in [0.717, 1.165) is 33.7 Å². The lowest BCUT2D eigenvalue weighted by Gasteiger charge is -2.04. The molecule has 1 aromatic carbocycles. The lowest BCUT2D eigenvalue weighted by atomic mass is 10.2. The summed E-state index contributed by atoms with van der Waals surface area (Å²) in [4.78, 5) is 12.2. The van der Waals surface area contributed by atoms with Gasteiger partial charge in [0.25, 0.3) is 0 Å². The van der Waals surface area contributed by atoms with Gasteiger partial charge in [-0.25, -0.2) is 4.68 Å². The van der Waals surface area contributed by atoms with Crippen LogP contribution in [0.2, 0.25) is 0 Å². The number of aromatic nitrogens is 4. The van der Waals surface area contributed by atoms with Crippen LogP contribution in [0.3, 0.4) is 0 Å². The molecular weight excluding hydrogens is 386 g/mol. The smallest absolute Gasteiger partial charge is 0.230 e. The first-order chi connectivity index (χ1) is 14.1. The fourth-order valence-corrected chi connectivity index (χ4v) is 3.93. The van der Waals surface area contributed by atoms with E-state index in [1.54, 1.807) is 6.26 Å². The fourth-order valence-electron chi connectivity index (χ4n) is 3.19. The van der Waals surface area contributed by atoms with Crippen molar-refractivity contribution in [1.29, 1.82) is 0 Å². The zero-order valence-corrected chi connectivity index (χ0v) is 17.1. The highest BCUT2D eigenvalue weighted by Crippen LogP contribution is 2.29. The number of fused-ring (bicyclic) bond motifs is 1. The van der Waals surface area contributed by atoms with Crippen LogP contribution in [0.1, 0.15) is 17.1 Å². The van der Waals surface area contributed by atoms with E-state index < -0.39 is 0 Å². The van der Waals surface area contributed by atoms with Gasteiger partial charge in [0.1, 0.15) is 16.3 Å². The van der Waals surface area contributed by atoms with E-state index in [0.29, 0.717) is 18.0 Å². The zero-order valence-electron chi connectivity index (χ0n) is 16.3. The number of rotatable bonds is 7. The Morgan fingerprint density at radius 2 is 1.97 bits per heavy atom. The van der Waals surface area contributed by atoms with E-state index in [1.807, 2.05) is 61.0 Å². The van der Waals surface area contributed by atoms with Crippen molar-refractivity contribution >= 4 is 28.6 Å². The fraction of sp³-hybridized carbons (Fsp3) is 0.238. The van der Waals surface area contributed by atoms with Crippen molar-refractivity contribution in [2.45, 2.75) is 25.3 Å². The van der Waals surface area contributed by atoms with Crippen LogP contribution in [0.5, 0.6) is 0 Å². The maximum Gasteiger partial charge on any atom is 0.230 e. The Kier molecular flexibility index (Phi) is 5.62. The molecule has 0 bridgehead atoms. The van der Waals surface area contributed by atoms with E-state index in [4.69, 9.17) is 9.52 Å². The van der Waals surface area contributed by atoms with Crippen LogP contribution in [0.25, 0.3) is 16.6 Å². The number of amides is 1. The predicted molar refractivity (Wildman–Crippen MR) is 112 cm³/mol. The van der Waals surface area contributed by atoms with Gasteiger partial charge >= 0.3 is 0 Å². The summed E-state index contributed by atoms with van der Waals surface area (Å²) in [6.45, 7) is 4.48. The zero-order chi connectivity index (χ0) is 20.2. The second-order valence-corrected chi connectivity index (χ2v) is 7.58. The molecule has 0 saturated carbocycles. The third-order valence-electron chi connectivity index (χ3n) is 4.59. The molecule has 8 heteroatoms. The van der Waals surface area contributed by atoms with Gasteiger partial charge in [0.15, 0.2) is 0 Å². The van der Waals surface area contributed by atoms with Crippen molar-refractivity contribution in [1.82, 2.24) is 25.3 Å². The summed E-state index contributed by atoms with van der Waals surface area (Å²) in [7, 11) is 0. The van der Waals surface area contributed by atoms with Gasteiger partial charge in [-0.05, 0) is 38.1 Å². The number of para-hydroxylation sites is 1. The van der Waals surface area contributed by atoms with Crippen molar-refractivity contribution in [2.24, 2.45) is 0 Å². The summed E-state index contributed by atoms with van der Waals surface area (Å²) >= 11 is 1.35. The molecule has 29 heavy (non-hydrogen) atoms. The molecule has 7 nitrogen and oxygen atoms in total. The summed E-state index contributed by atoms with van der Waals surface area (Å²) in [5.74, 6) is 1.05. The summed E-state index contributed by atoms with van der Waals surface area (Å²) in [5.41, 5.74) is 3.58. The first-order valence-corrected chi connectivity index (χ1v) is 10.3. The van der Waals surface area contributed by atoms with Crippen molar-refractivity contribution in [2.75, 3.05) is 12.3 Å².